The molecule has 1 aromatic heterocycles. The number of fused-ring (bicyclic) bond motifs is 3. The Bertz CT molecular complexity index is 945. The fourth-order valence-corrected chi connectivity index (χ4v) is 3.77. The van der Waals surface area contributed by atoms with E-state index in [0.29, 0.717) is 12.1 Å². The van der Waals surface area contributed by atoms with Crippen molar-refractivity contribution in [3.8, 4) is 0 Å². The van der Waals surface area contributed by atoms with Gasteiger partial charge in [-0.2, -0.15) is 13.2 Å². The summed E-state index contributed by atoms with van der Waals surface area (Å²) in [4.78, 5) is 0. The second-order valence-corrected chi connectivity index (χ2v) is 6.79. The summed E-state index contributed by atoms with van der Waals surface area (Å²) in [7, 11) is 0. The fraction of sp³-hybridized carbons (Fsp3) is 0.350. The summed E-state index contributed by atoms with van der Waals surface area (Å²) < 4.78 is 56.9. The molecule has 0 aliphatic carbocycles. The van der Waals surface area contributed by atoms with Gasteiger partial charge in [0.15, 0.2) is 11.0 Å². The Balaban J connectivity index is 0.00000210. The van der Waals surface area contributed by atoms with E-state index < -0.39 is 11.7 Å². The van der Waals surface area contributed by atoms with Crippen LogP contribution in [-0.2, 0) is 25.7 Å². The van der Waals surface area contributed by atoms with Crippen molar-refractivity contribution in [1.29, 1.82) is 0 Å². The van der Waals surface area contributed by atoms with Crippen LogP contribution in [-0.4, -0.2) is 4.57 Å². The highest BCUT2D eigenvalue weighted by Gasteiger charge is 2.34. The van der Waals surface area contributed by atoms with Gasteiger partial charge in [0.2, 0.25) is 0 Å². The average molecular weight is 399 g/mol. The highest BCUT2D eigenvalue weighted by molar-refractivity contribution is 5.74. The lowest BCUT2D eigenvalue weighted by molar-refractivity contribution is -0.678. The highest BCUT2D eigenvalue weighted by Crippen LogP contribution is 2.32. The minimum Gasteiger partial charge on any atom is -1.00 e. The molecule has 2 heterocycles. The molecule has 144 valence electrons. The van der Waals surface area contributed by atoms with Crippen LogP contribution in [0, 0.1) is 5.82 Å². The number of hydrogen-bond acceptors (Lipinski definition) is 0. The van der Waals surface area contributed by atoms with Gasteiger partial charge in [0, 0.05) is 12.5 Å². The van der Waals surface area contributed by atoms with E-state index >= 15 is 0 Å². The number of rotatable bonds is 2. The van der Waals surface area contributed by atoms with Crippen molar-refractivity contribution in [2.24, 2.45) is 0 Å². The van der Waals surface area contributed by atoms with Gasteiger partial charge in [0.25, 0.3) is 5.82 Å². The van der Waals surface area contributed by atoms with Crippen LogP contribution in [0.2, 0.25) is 0 Å². The molecule has 1 aliphatic heterocycles. The number of nitrogens with zero attached hydrogens (tertiary/aromatic N) is 2. The summed E-state index contributed by atoms with van der Waals surface area (Å²) in [6.45, 7) is 1.24. The Morgan fingerprint density at radius 3 is 2.41 bits per heavy atom. The molecule has 0 N–H and O–H groups in total. The third kappa shape index (κ3) is 3.81. The molecule has 2 aromatic carbocycles. The highest BCUT2D eigenvalue weighted by atomic mass is 35.5. The van der Waals surface area contributed by atoms with Crippen LogP contribution in [0.5, 0.6) is 0 Å². The molecule has 0 spiro atoms. The molecule has 7 heteroatoms. The Labute approximate surface area is 160 Å². The Morgan fingerprint density at radius 2 is 1.70 bits per heavy atom. The molecule has 0 fully saturated rings. The topological polar surface area (TPSA) is 8.81 Å². The van der Waals surface area contributed by atoms with Crippen LogP contribution in [0.3, 0.4) is 0 Å². The molecule has 2 nitrogen and oxygen atoms in total. The molecule has 0 amide bonds. The Hall–Kier alpha value is -2.08. The second-order valence-electron chi connectivity index (χ2n) is 6.79. The molecule has 3 aromatic rings. The normalized spacial score (nSPS) is 14.5. The molecule has 1 aliphatic rings. The summed E-state index contributed by atoms with van der Waals surface area (Å²) in [5, 5.41) is 0. The zero-order valence-electron chi connectivity index (χ0n) is 14.6. The minimum atomic E-state index is -4.37. The maximum absolute atomic E-state index is 13.2. The molecule has 0 saturated carbocycles. The summed E-state index contributed by atoms with van der Waals surface area (Å²) >= 11 is 0. The maximum Gasteiger partial charge on any atom is 0.416 e. The van der Waals surface area contributed by atoms with Crippen molar-refractivity contribution in [3.63, 3.8) is 0 Å². The number of alkyl halides is 3. The summed E-state index contributed by atoms with van der Waals surface area (Å²) in [5.74, 6) is 0.722. The minimum absolute atomic E-state index is 0. The van der Waals surface area contributed by atoms with E-state index in [2.05, 4.69) is 4.57 Å². The van der Waals surface area contributed by atoms with Crippen molar-refractivity contribution in [1.82, 2.24) is 4.57 Å². The molecule has 0 radical (unpaired) electrons. The average Bonchev–Trinajstić information content (AvgIpc) is 2.75. The quantitative estimate of drug-likeness (QED) is 0.460. The van der Waals surface area contributed by atoms with E-state index in [0.717, 1.165) is 55.2 Å². The first kappa shape index (κ1) is 19.7. The molecular formula is C20H19ClF4N2. The van der Waals surface area contributed by atoms with Crippen molar-refractivity contribution >= 4 is 11.0 Å². The van der Waals surface area contributed by atoms with Gasteiger partial charge in [0.05, 0.1) is 12.1 Å². The van der Waals surface area contributed by atoms with Gasteiger partial charge in [-0.1, -0.05) is 12.1 Å². The number of aromatic nitrogens is 2. The van der Waals surface area contributed by atoms with Gasteiger partial charge in [0.1, 0.15) is 12.4 Å². The number of halogens is 5. The maximum atomic E-state index is 13.2. The van der Waals surface area contributed by atoms with Gasteiger partial charge in [-0.25, -0.2) is 13.5 Å². The van der Waals surface area contributed by atoms with Crippen LogP contribution in [0.4, 0.5) is 17.6 Å². The number of imidazole rings is 1. The Morgan fingerprint density at radius 1 is 0.963 bits per heavy atom. The lowest BCUT2D eigenvalue weighted by Crippen LogP contribution is -3.00. The smallest absolute Gasteiger partial charge is 0.416 e. The van der Waals surface area contributed by atoms with E-state index in [9.17, 15) is 17.6 Å². The van der Waals surface area contributed by atoms with Crippen LogP contribution < -0.4 is 17.0 Å². The monoisotopic (exact) mass is 398 g/mol. The first-order valence-corrected chi connectivity index (χ1v) is 8.80. The van der Waals surface area contributed by atoms with Gasteiger partial charge < -0.3 is 12.4 Å². The third-order valence-electron chi connectivity index (χ3n) is 5.04. The molecule has 27 heavy (non-hydrogen) atoms. The molecular weight excluding hydrogens is 380 g/mol. The lowest BCUT2D eigenvalue weighted by Gasteiger charge is -2.06. The fourth-order valence-electron chi connectivity index (χ4n) is 3.77. The molecule has 4 rings (SSSR count). The SMILES string of the molecule is Fc1ccc(Cn2c3[n+](c4ccc(C(F)(F)F)cc42)CCCCC3)cc1.[Cl-]. The van der Waals surface area contributed by atoms with Crippen LogP contribution in [0.1, 0.15) is 36.2 Å². The predicted octanol–water partition coefficient (Wildman–Crippen LogP) is 1.87. The van der Waals surface area contributed by atoms with Crippen molar-refractivity contribution in [3.05, 3.63) is 65.2 Å². The largest absolute Gasteiger partial charge is 1.00 e. The first-order valence-electron chi connectivity index (χ1n) is 8.80. The summed E-state index contributed by atoms with van der Waals surface area (Å²) in [6, 6.07) is 10.1. The van der Waals surface area contributed by atoms with Crippen LogP contribution in [0.25, 0.3) is 11.0 Å². The zero-order valence-corrected chi connectivity index (χ0v) is 15.3. The van der Waals surface area contributed by atoms with Crippen LogP contribution >= 0.6 is 0 Å². The first-order chi connectivity index (χ1) is 12.4. The van der Waals surface area contributed by atoms with Gasteiger partial charge in [-0.05, 0) is 49.1 Å². The van der Waals surface area contributed by atoms with Gasteiger partial charge in [-0.3, -0.25) is 0 Å². The van der Waals surface area contributed by atoms with E-state index in [1.54, 1.807) is 18.2 Å². The zero-order chi connectivity index (χ0) is 18.3. The van der Waals surface area contributed by atoms with Crippen LogP contribution in [0.15, 0.2) is 42.5 Å². The number of benzene rings is 2. The van der Waals surface area contributed by atoms with E-state index in [1.165, 1.54) is 18.2 Å². The molecule has 0 saturated heterocycles. The summed E-state index contributed by atoms with van der Waals surface area (Å²) in [5.41, 5.74) is 1.64. The molecule has 0 atom stereocenters. The molecule has 0 bridgehead atoms. The van der Waals surface area contributed by atoms with Gasteiger partial charge in [-0.15, -0.1) is 0 Å². The lowest BCUT2D eigenvalue weighted by atomic mass is 10.1. The number of hydrogen-bond donors (Lipinski definition) is 0. The third-order valence-corrected chi connectivity index (χ3v) is 5.04. The second kappa shape index (κ2) is 7.50. The summed E-state index contributed by atoms with van der Waals surface area (Å²) in [6.07, 6.45) is -0.390. The van der Waals surface area contributed by atoms with Crippen molar-refractivity contribution < 1.29 is 34.5 Å². The van der Waals surface area contributed by atoms with Gasteiger partial charge >= 0.3 is 6.18 Å². The molecule has 0 unspecified atom stereocenters. The number of aryl methyl sites for hydroxylation is 1. The predicted molar refractivity (Wildman–Crippen MR) is 90.2 cm³/mol. The van der Waals surface area contributed by atoms with E-state index in [-0.39, 0.29) is 18.2 Å². The van der Waals surface area contributed by atoms with E-state index in [4.69, 9.17) is 0 Å². The standard InChI is InChI=1S/C20H19F4N2.ClH/c21-16-8-5-14(6-9-16)13-26-18-12-15(20(22,23)24)7-10-17(18)25-11-3-1-2-4-19(25)26;/h5-10,12H,1-4,11,13H2;1H/q+1;/p-1. The van der Waals surface area contributed by atoms with E-state index in [1.807, 2.05) is 4.57 Å². The van der Waals surface area contributed by atoms with Crippen molar-refractivity contribution in [2.45, 2.75) is 44.9 Å². The van der Waals surface area contributed by atoms with Crippen molar-refractivity contribution in [2.75, 3.05) is 0 Å². The Kier molecular flexibility index (Phi) is 5.47.